The lowest BCUT2D eigenvalue weighted by Gasteiger charge is -2.39. The monoisotopic (exact) mass is 272 g/mol. The van der Waals surface area contributed by atoms with E-state index in [0.29, 0.717) is 17.9 Å². The Kier molecular flexibility index (Phi) is 4.91. The van der Waals surface area contributed by atoms with Crippen LogP contribution in [0, 0.1) is 11.8 Å². The van der Waals surface area contributed by atoms with Crippen LogP contribution in [0.5, 0.6) is 0 Å². The molecule has 0 aromatic carbocycles. The van der Waals surface area contributed by atoms with E-state index in [1.165, 1.54) is 32.1 Å². The zero-order chi connectivity index (χ0) is 11.7. The van der Waals surface area contributed by atoms with Crippen molar-refractivity contribution in [3.63, 3.8) is 0 Å². The topological polar surface area (TPSA) is 32.3 Å². The smallest absolute Gasteiger partial charge is 0.226 e. The first kappa shape index (κ1) is 14.1. The predicted octanol–water partition coefficient (Wildman–Crippen LogP) is 2.20. The molecule has 2 aliphatic heterocycles. The highest BCUT2D eigenvalue weighted by Gasteiger charge is 2.39. The second-order valence-corrected chi connectivity index (χ2v) is 5.96. The molecule has 3 fully saturated rings. The summed E-state index contributed by atoms with van der Waals surface area (Å²) in [5.74, 6) is 1.63. The lowest BCUT2D eigenvalue weighted by molar-refractivity contribution is -0.138. The molecule has 1 unspecified atom stereocenters. The van der Waals surface area contributed by atoms with Crippen LogP contribution in [-0.2, 0) is 4.79 Å². The Labute approximate surface area is 116 Å². The highest BCUT2D eigenvalue weighted by atomic mass is 35.5. The Hall–Kier alpha value is -0.280. The molecule has 1 atom stereocenters. The third-order valence-electron chi connectivity index (χ3n) is 4.96. The van der Waals surface area contributed by atoms with Crippen LogP contribution in [0.1, 0.15) is 44.9 Å². The molecule has 1 aliphatic carbocycles. The van der Waals surface area contributed by atoms with E-state index in [2.05, 4.69) is 10.2 Å². The lowest BCUT2D eigenvalue weighted by Crippen LogP contribution is -2.46. The second-order valence-electron chi connectivity index (χ2n) is 5.96. The molecule has 18 heavy (non-hydrogen) atoms. The van der Waals surface area contributed by atoms with Crippen molar-refractivity contribution in [3.8, 4) is 0 Å². The first-order chi connectivity index (χ1) is 8.36. The normalized spacial score (nSPS) is 29.8. The summed E-state index contributed by atoms with van der Waals surface area (Å²) in [6.07, 6.45) is 8.70. The Morgan fingerprint density at radius 3 is 2.33 bits per heavy atom. The van der Waals surface area contributed by atoms with Crippen LogP contribution < -0.4 is 5.32 Å². The van der Waals surface area contributed by atoms with Crippen molar-refractivity contribution in [3.05, 3.63) is 0 Å². The number of nitrogens with zero attached hydrogens (tertiary/aromatic N) is 1. The maximum Gasteiger partial charge on any atom is 0.226 e. The molecule has 0 spiro atoms. The molecule has 1 saturated carbocycles. The first-order valence-electron chi connectivity index (χ1n) is 7.37. The summed E-state index contributed by atoms with van der Waals surface area (Å²) in [5, 5.41) is 3.35. The lowest BCUT2D eigenvalue weighted by atomic mass is 9.78. The fourth-order valence-electron chi connectivity index (χ4n) is 3.68. The minimum atomic E-state index is 0. The van der Waals surface area contributed by atoms with Crippen molar-refractivity contribution >= 4 is 18.3 Å². The molecule has 3 aliphatic rings. The Morgan fingerprint density at radius 2 is 1.72 bits per heavy atom. The summed E-state index contributed by atoms with van der Waals surface area (Å²) in [6.45, 7) is 3.08. The zero-order valence-corrected chi connectivity index (χ0v) is 11.9. The number of nitrogens with one attached hydrogen (secondary N) is 1. The molecule has 4 heteroatoms. The fraction of sp³-hybridized carbons (Fsp3) is 0.929. The molecule has 2 heterocycles. The van der Waals surface area contributed by atoms with Gasteiger partial charge in [0.1, 0.15) is 0 Å². The number of hydrogen-bond donors (Lipinski definition) is 1. The number of amides is 1. The molecule has 104 valence electrons. The molecular weight excluding hydrogens is 248 g/mol. The fourth-order valence-corrected chi connectivity index (χ4v) is 3.68. The number of halogens is 1. The van der Waals surface area contributed by atoms with Crippen molar-refractivity contribution in [1.29, 1.82) is 0 Å². The molecular formula is C14H25ClN2O. The summed E-state index contributed by atoms with van der Waals surface area (Å²) < 4.78 is 0. The molecule has 1 amide bonds. The van der Waals surface area contributed by atoms with E-state index in [-0.39, 0.29) is 12.4 Å². The Morgan fingerprint density at radius 1 is 1.00 bits per heavy atom. The number of rotatable bonds is 2. The van der Waals surface area contributed by atoms with Gasteiger partial charge in [-0.1, -0.05) is 6.42 Å². The van der Waals surface area contributed by atoms with Crippen LogP contribution in [0.2, 0.25) is 0 Å². The van der Waals surface area contributed by atoms with Gasteiger partial charge in [0.15, 0.2) is 0 Å². The van der Waals surface area contributed by atoms with Gasteiger partial charge in [-0.15, -0.1) is 12.4 Å². The van der Waals surface area contributed by atoms with Gasteiger partial charge >= 0.3 is 0 Å². The van der Waals surface area contributed by atoms with Gasteiger partial charge in [-0.25, -0.2) is 0 Å². The van der Waals surface area contributed by atoms with Crippen molar-refractivity contribution in [1.82, 2.24) is 10.2 Å². The Bertz CT molecular complexity index is 288. The quantitative estimate of drug-likeness (QED) is 0.836. The van der Waals surface area contributed by atoms with Gasteiger partial charge < -0.3 is 10.2 Å². The standard InChI is InChI=1S/C14H24N2O.ClH/c17-14(12-6-8-15-9-7-12)16-10-2-5-13(16)11-3-1-4-11;/h11-13,15H,1-10H2;1H. The molecule has 0 radical (unpaired) electrons. The molecule has 3 nitrogen and oxygen atoms in total. The summed E-state index contributed by atoms with van der Waals surface area (Å²) in [5.41, 5.74) is 0. The van der Waals surface area contributed by atoms with Gasteiger partial charge in [0.2, 0.25) is 5.91 Å². The number of carbonyl (C=O) groups is 1. The molecule has 3 rings (SSSR count). The van der Waals surface area contributed by atoms with Crippen LogP contribution in [-0.4, -0.2) is 36.5 Å². The molecule has 1 N–H and O–H groups in total. The zero-order valence-electron chi connectivity index (χ0n) is 11.1. The van der Waals surface area contributed by atoms with Crippen molar-refractivity contribution in [2.45, 2.75) is 51.0 Å². The van der Waals surface area contributed by atoms with Gasteiger partial charge in [-0.3, -0.25) is 4.79 Å². The average Bonchev–Trinajstić information content (AvgIpc) is 2.76. The minimum Gasteiger partial charge on any atom is -0.339 e. The molecule has 2 saturated heterocycles. The maximum atomic E-state index is 12.6. The number of piperidine rings is 1. The van der Waals surface area contributed by atoms with E-state index < -0.39 is 0 Å². The van der Waals surface area contributed by atoms with E-state index in [0.717, 1.165) is 38.4 Å². The van der Waals surface area contributed by atoms with Crippen LogP contribution in [0.15, 0.2) is 0 Å². The highest BCUT2D eigenvalue weighted by molar-refractivity contribution is 5.85. The number of carbonyl (C=O) groups excluding carboxylic acids is 1. The van der Waals surface area contributed by atoms with Crippen LogP contribution in [0.25, 0.3) is 0 Å². The molecule has 0 aromatic heterocycles. The molecule has 0 bridgehead atoms. The van der Waals surface area contributed by atoms with Crippen molar-refractivity contribution in [2.24, 2.45) is 11.8 Å². The van der Waals surface area contributed by atoms with E-state index in [9.17, 15) is 4.79 Å². The predicted molar refractivity (Wildman–Crippen MR) is 74.9 cm³/mol. The van der Waals surface area contributed by atoms with Crippen LogP contribution >= 0.6 is 12.4 Å². The van der Waals surface area contributed by atoms with Crippen molar-refractivity contribution in [2.75, 3.05) is 19.6 Å². The third kappa shape index (κ3) is 2.67. The largest absolute Gasteiger partial charge is 0.339 e. The van der Waals surface area contributed by atoms with Gasteiger partial charge in [0, 0.05) is 18.5 Å². The number of likely N-dealkylation sites (tertiary alicyclic amines) is 1. The third-order valence-corrected chi connectivity index (χ3v) is 4.96. The van der Waals surface area contributed by atoms with E-state index in [4.69, 9.17) is 0 Å². The summed E-state index contributed by atoms with van der Waals surface area (Å²) in [6, 6.07) is 0.603. The first-order valence-corrected chi connectivity index (χ1v) is 7.37. The minimum absolute atomic E-state index is 0. The molecule has 0 aromatic rings. The SMILES string of the molecule is Cl.O=C(C1CCNCC1)N1CCCC1C1CCC1. The van der Waals surface area contributed by atoms with Crippen LogP contribution in [0.3, 0.4) is 0 Å². The van der Waals surface area contributed by atoms with Gasteiger partial charge in [0.05, 0.1) is 0 Å². The van der Waals surface area contributed by atoms with Gasteiger partial charge in [-0.2, -0.15) is 0 Å². The number of hydrogen-bond acceptors (Lipinski definition) is 2. The van der Waals surface area contributed by atoms with Gasteiger partial charge in [-0.05, 0) is 57.5 Å². The maximum absolute atomic E-state index is 12.6. The van der Waals surface area contributed by atoms with E-state index in [1.807, 2.05) is 0 Å². The summed E-state index contributed by atoms with van der Waals surface area (Å²) in [7, 11) is 0. The summed E-state index contributed by atoms with van der Waals surface area (Å²) >= 11 is 0. The second kappa shape index (κ2) is 6.25. The van der Waals surface area contributed by atoms with Gasteiger partial charge in [0.25, 0.3) is 0 Å². The van der Waals surface area contributed by atoms with E-state index in [1.54, 1.807) is 0 Å². The van der Waals surface area contributed by atoms with Crippen LogP contribution in [0.4, 0.5) is 0 Å². The Balaban J connectivity index is 0.00000120. The average molecular weight is 273 g/mol. The highest BCUT2D eigenvalue weighted by Crippen LogP contribution is 2.38. The summed E-state index contributed by atoms with van der Waals surface area (Å²) in [4.78, 5) is 14.8. The van der Waals surface area contributed by atoms with E-state index >= 15 is 0 Å². The van der Waals surface area contributed by atoms with Crippen molar-refractivity contribution < 1.29 is 4.79 Å².